The number of piperidine rings is 1. The Morgan fingerprint density at radius 3 is 2.61 bits per heavy atom. The summed E-state index contributed by atoms with van der Waals surface area (Å²) in [5.74, 6) is 0.876. The van der Waals surface area contributed by atoms with Crippen molar-refractivity contribution in [2.24, 2.45) is 23.7 Å². The van der Waals surface area contributed by atoms with E-state index < -0.39 is 11.7 Å². The van der Waals surface area contributed by atoms with Gasteiger partial charge in [0, 0.05) is 31.5 Å². The van der Waals surface area contributed by atoms with E-state index in [1.807, 2.05) is 6.92 Å². The van der Waals surface area contributed by atoms with E-state index in [0.717, 1.165) is 37.0 Å². The molecule has 2 saturated heterocycles. The van der Waals surface area contributed by atoms with Crippen molar-refractivity contribution in [2.45, 2.75) is 96.4 Å². The van der Waals surface area contributed by atoms with Crippen LogP contribution in [0.25, 0.3) is 0 Å². The molecule has 2 bridgehead atoms. The van der Waals surface area contributed by atoms with Gasteiger partial charge in [0.1, 0.15) is 6.10 Å². The minimum atomic E-state index is -1.00. The summed E-state index contributed by atoms with van der Waals surface area (Å²) in [5.41, 5.74) is 0.00624. The quantitative estimate of drug-likeness (QED) is 0.585. The summed E-state index contributed by atoms with van der Waals surface area (Å²) in [6.07, 6.45) is 14.0. The van der Waals surface area contributed by atoms with Gasteiger partial charge in [-0.15, -0.1) is 0 Å². The van der Waals surface area contributed by atoms with Crippen molar-refractivity contribution in [3.05, 3.63) is 18.1 Å². The Morgan fingerprint density at radius 2 is 1.96 bits per heavy atom. The maximum Gasteiger partial charge on any atom is 0.303 e. The van der Waals surface area contributed by atoms with E-state index in [2.05, 4.69) is 31.2 Å². The number of hydrogen-bond acceptors (Lipinski definition) is 4. The molecular weight excluding hydrogens is 350 g/mol. The van der Waals surface area contributed by atoms with Gasteiger partial charge in [0.05, 0.1) is 12.0 Å². The van der Waals surface area contributed by atoms with Crippen LogP contribution in [0.4, 0.5) is 0 Å². The number of fused-ring (bicyclic) bond motifs is 3. The minimum absolute atomic E-state index is 0.0699. The lowest BCUT2D eigenvalue weighted by molar-refractivity contribution is -0.148. The Labute approximate surface area is 170 Å². The van der Waals surface area contributed by atoms with Crippen LogP contribution in [0.15, 0.2) is 11.6 Å². The molecule has 2 aliphatic carbocycles. The third kappa shape index (κ3) is 3.56. The highest BCUT2D eigenvalue weighted by Gasteiger charge is 2.53. The highest BCUT2D eigenvalue weighted by atomic mass is 16.5. The van der Waals surface area contributed by atoms with Gasteiger partial charge in [-0.05, 0) is 68.8 Å². The first kappa shape index (κ1) is 20.4. The molecule has 0 aromatic carbocycles. The number of carbonyl (C=O) groups excluding carboxylic acids is 1. The van der Waals surface area contributed by atoms with Gasteiger partial charge in [-0.1, -0.05) is 26.3 Å². The summed E-state index contributed by atoms with van der Waals surface area (Å²) in [4.78, 5) is 14.3. The van der Waals surface area contributed by atoms with Gasteiger partial charge in [0.25, 0.3) is 0 Å². The van der Waals surface area contributed by atoms with E-state index in [4.69, 9.17) is 4.74 Å². The highest BCUT2D eigenvalue weighted by Crippen LogP contribution is 2.51. The molecule has 4 aliphatic rings. The second-order valence-electron chi connectivity index (χ2n) is 10.0. The maximum atomic E-state index is 11.6. The van der Waals surface area contributed by atoms with Crippen LogP contribution in [-0.2, 0) is 9.53 Å². The number of ether oxygens (including phenoxy) is 1. The summed E-state index contributed by atoms with van der Waals surface area (Å²) in [6, 6.07) is 1.58. The summed E-state index contributed by atoms with van der Waals surface area (Å²) >= 11 is 0. The van der Waals surface area contributed by atoms with E-state index in [9.17, 15) is 9.90 Å². The molecule has 4 heteroatoms. The molecule has 3 fully saturated rings. The van der Waals surface area contributed by atoms with Gasteiger partial charge >= 0.3 is 5.97 Å². The number of hydrogen-bond donors (Lipinski definition) is 1. The zero-order valence-electron chi connectivity index (χ0n) is 18.0. The molecule has 1 saturated carbocycles. The predicted molar refractivity (Wildman–Crippen MR) is 109 cm³/mol. The summed E-state index contributed by atoms with van der Waals surface area (Å²) in [7, 11) is 0. The lowest BCUT2D eigenvalue weighted by Crippen LogP contribution is -2.57. The van der Waals surface area contributed by atoms with E-state index in [1.165, 1.54) is 39.0 Å². The van der Waals surface area contributed by atoms with Crippen molar-refractivity contribution in [1.82, 2.24) is 4.90 Å². The average molecular weight is 388 g/mol. The fourth-order valence-corrected chi connectivity index (χ4v) is 6.60. The van der Waals surface area contributed by atoms with Crippen LogP contribution in [0.2, 0.25) is 0 Å². The SMILES string of the molecule is CC(=O)O[C@@H]1[C][C@@]2(O)[C@H](C)CC[C@@H]([C@H](C)CN3C4CCCC3CC4)[C@H]2C=C1C. The molecule has 0 spiro atoms. The van der Waals surface area contributed by atoms with Gasteiger partial charge in [-0.3, -0.25) is 9.69 Å². The van der Waals surface area contributed by atoms with Crippen LogP contribution >= 0.6 is 0 Å². The van der Waals surface area contributed by atoms with E-state index in [1.54, 1.807) is 0 Å². The van der Waals surface area contributed by atoms with Crippen molar-refractivity contribution in [2.75, 3.05) is 6.54 Å². The normalized spacial score (nSPS) is 44.5. The lowest BCUT2D eigenvalue weighted by atomic mass is 9.57. The topological polar surface area (TPSA) is 49.8 Å². The van der Waals surface area contributed by atoms with Gasteiger partial charge in [0.15, 0.2) is 0 Å². The summed E-state index contributed by atoms with van der Waals surface area (Å²) < 4.78 is 5.43. The van der Waals surface area contributed by atoms with E-state index in [-0.39, 0.29) is 17.8 Å². The fourth-order valence-electron chi connectivity index (χ4n) is 6.60. The maximum absolute atomic E-state index is 11.6. The molecule has 2 aliphatic heterocycles. The number of nitrogens with zero attached hydrogens (tertiary/aromatic N) is 1. The molecule has 0 aromatic rings. The molecule has 2 unspecified atom stereocenters. The molecular formula is C24H37NO3. The molecule has 4 nitrogen and oxygen atoms in total. The van der Waals surface area contributed by atoms with Crippen molar-refractivity contribution >= 4 is 5.97 Å². The smallest absolute Gasteiger partial charge is 0.303 e. The van der Waals surface area contributed by atoms with Gasteiger partial charge in [-0.25, -0.2) is 0 Å². The van der Waals surface area contributed by atoms with Gasteiger partial charge < -0.3 is 9.84 Å². The third-order valence-corrected chi connectivity index (χ3v) is 8.23. The van der Waals surface area contributed by atoms with Gasteiger partial charge in [0.2, 0.25) is 0 Å². The van der Waals surface area contributed by atoms with Crippen LogP contribution in [0.1, 0.15) is 72.6 Å². The molecule has 0 aromatic heterocycles. The molecule has 0 amide bonds. The molecule has 156 valence electrons. The van der Waals surface area contributed by atoms with Crippen molar-refractivity contribution in [3.8, 4) is 0 Å². The minimum Gasteiger partial charge on any atom is -0.457 e. The molecule has 4 rings (SSSR count). The molecule has 8 atom stereocenters. The first-order valence-electron chi connectivity index (χ1n) is 11.4. The largest absolute Gasteiger partial charge is 0.457 e. The number of carbonyl (C=O) groups is 1. The Balaban J connectivity index is 1.53. The second kappa shape index (κ2) is 7.75. The Bertz CT molecular complexity index is 615. The van der Waals surface area contributed by atoms with Crippen LogP contribution in [0.5, 0.6) is 0 Å². The van der Waals surface area contributed by atoms with Crippen LogP contribution in [0, 0.1) is 30.1 Å². The Hall–Kier alpha value is -0.870. The van der Waals surface area contributed by atoms with Crippen molar-refractivity contribution < 1.29 is 14.6 Å². The molecule has 1 N–H and O–H groups in total. The predicted octanol–water partition coefficient (Wildman–Crippen LogP) is 4.01. The zero-order valence-corrected chi connectivity index (χ0v) is 18.0. The number of esters is 1. The molecule has 2 heterocycles. The average Bonchev–Trinajstić information content (AvgIpc) is 2.85. The van der Waals surface area contributed by atoms with Crippen LogP contribution in [-0.4, -0.2) is 46.3 Å². The van der Waals surface area contributed by atoms with Crippen molar-refractivity contribution in [1.29, 1.82) is 0 Å². The van der Waals surface area contributed by atoms with Crippen molar-refractivity contribution in [3.63, 3.8) is 0 Å². The third-order valence-electron chi connectivity index (χ3n) is 8.23. The number of rotatable bonds is 4. The first-order chi connectivity index (χ1) is 13.3. The zero-order chi connectivity index (χ0) is 20.1. The molecule has 2 radical (unpaired) electrons. The second-order valence-corrected chi connectivity index (χ2v) is 10.0. The standard InChI is InChI=1S/C24H37NO3/c1-15-12-22-21(16(2)14-25-19-6-5-7-20(25)10-9-19)11-8-17(3)24(22,27)13-23(15)28-18(4)26/h12,16-17,19-23,27H,5-11,14H2,1-4H3/t16-,17-,19?,20?,21+,22-,23-,24-/m1/s1. The summed E-state index contributed by atoms with van der Waals surface area (Å²) in [6.45, 7) is 9.09. The van der Waals surface area contributed by atoms with Crippen LogP contribution < -0.4 is 0 Å². The monoisotopic (exact) mass is 387 g/mol. The summed E-state index contributed by atoms with van der Waals surface area (Å²) in [5, 5.41) is 11.6. The number of aliphatic hydroxyl groups is 1. The van der Waals surface area contributed by atoms with Gasteiger partial charge in [-0.2, -0.15) is 0 Å². The van der Waals surface area contributed by atoms with Crippen LogP contribution in [0.3, 0.4) is 0 Å². The fraction of sp³-hybridized carbons (Fsp3) is 0.833. The first-order valence-corrected chi connectivity index (χ1v) is 11.4. The van der Waals surface area contributed by atoms with E-state index >= 15 is 0 Å². The lowest BCUT2D eigenvalue weighted by Gasteiger charge is -2.53. The highest BCUT2D eigenvalue weighted by molar-refractivity contribution is 5.66. The van der Waals surface area contributed by atoms with E-state index in [0.29, 0.717) is 11.8 Å². The Morgan fingerprint density at radius 1 is 1.29 bits per heavy atom. The Kier molecular flexibility index (Phi) is 5.65. The molecule has 28 heavy (non-hydrogen) atoms.